The number of ether oxygens (including phenoxy) is 1. The number of sulfonamides is 1. The highest BCUT2D eigenvalue weighted by Crippen LogP contribution is 2.25. The van der Waals surface area contributed by atoms with E-state index in [-0.39, 0.29) is 23.3 Å². The number of piperidine rings is 1. The molecule has 1 aliphatic heterocycles. The fourth-order valence-electron chi connectivity index (χ4n) is 4.04. The molecule has 0 aliphatic carbocycles. The highest BCUT2D eigenvalue weighted by Gasteiger charge is 2.33. The van der Waals surface area contributed by atoms with Crippen LogP contribution in [0.3, 0.4) is 0 Å². The van der Waals surface area contributed by atoms with Crippen LogP contribution in [0.5, 0.6) is 5.75 Å². The van der Waals surface area contributed by atoms with Crippen LogP contribution in [-0.2, 0) is 21.4 Å². The Labute approximate surface area is 182 Å². The summed E-state index contributed by atoms with van der Waals surface area (Å²) in [5, 5.41) is 5.25. The second-order valence-corrected chi connectivity index (χ2v) is 9.67. The molecular formula is C24H26N2O4S. The predicted octanol–water partition coefficient (Wildman–Crippen LogP) is 3.57. The monoisotopic (exact) mass is 438 g/mol. The highest BCUT2D eigenvalue weighted by molar-refractivity contribution is 7.89. The van der Waals surface area contributed by atoms with Crippen LogP contribution >= 0.6 is 0 Å². The number of nitrogens with zero attached hydrogens (tertiary/aromatic N) is 1. The third-order valence-corrected chi connectivity index (χ3v) is 7.66. The molecular weight excluding hydrogens is 412 g/mol. The zero-order valence-corrected chi connectivity index (χ0v) is 18.3. The third-order valence-electron chi connectivity index (χ3n) is 5.79. The Morgan fingerprint density at radius 3 is 2.58 bits per heavy atom. The lowest BCUT2D eigenvalue weighted by atomic mass is 9.98. The Bertz CT molecular complexity index is 1170. The minimum Gasteiger partial charge on any atom is -0.497 e. The smallest absolute Gasteiger partial charge is 0.243 e. The summed E-state index contributed by atoms with van der Waals surface area (Å²) < 4.78 is 32.6. The molecule has 0 spiro atoms. The second kappa shape index (κ2) is 9.08. The molecule has 1 heterocycles. The van der Waals surface area contributed by atoms with Gasteiger partial charge in [-0.25, -0.2) is 8.42 Å². The maximum absolute atomic E-state index is 13.0. The molecule has 0 unspecified atom stereocenters. The molecule has 0 radical (unpaired) electrons. The number of methoxy groups -OCH3 is 1. The standard InChI is InChI=1S/C24H26N2O4S/c1-30-21-11-13-22(14-12-21)31(28,29)26-15-5-9-20(17-26)24(27)25-16-19-8-4-7-18-6-2-3-10-23(18)19/h2-4,6-8,10-14,20H,5,9,15-17H2,1H3,(H,25,27)/t20-/m1/s1. The van der Waals surface area contributed by atoms with Gasteiger partial charge in [-0.3, -0.25) is 4.79 Å². The largest absolute Gasteiger partial charge is 0.497 e. The molecule has 1 fully saturated rings. The molecule has 1 amide bonds. The minimum atomic E-state index is -3.65. The maximum Gasteiger partial charge on any atom is 0.243 e. The van der Waals surface area contributed by atoms with E-state index in [9.17, 15) is 13.2 Å². The topological polar surface area (TPSA) is 75.7 Å². The van der Waals surface area contributed by atoms with Gasteiger partial charge in [-0.15, -0.1) is 0 Å². The summed E-state index contributed by atoms with van der Waals surface area (Å²) in [6, 6.07) is 20.4. The molecule has 1 atom stereocenters. The van der Waals surface area contributed by atoms with Crippen LogP contribution in [0.1, 0.15) is 18.4 Å². The quantitative estimate of drug-likeness (QED) is 0.639. The lowest BCUT2D eigenvalue weighted by molar-refractivity contribution is -0.126. The summed E-state index contributed by atoms with van der Waals surface area (Å²) in [6.07, 6.45) is 1.33. The summed E-state index contributed by atoms with van der Waals surface area (Å²) in [4.78, 5) is 13.1. The lowest BCUT2D eigenvalue weighted by Crippen LogP contribution is -2.45. The minimum absolute atomic E-state index is 0.109. The van der Waals surface area contributed by atoms with Gasteiger partial charge in [0.15, 0.2) is 0 Å². The number of hydrogen-bond donors (Lipinski definition) is 1. The van der Waals surface area contributed by atoms with Crippen molar-refractivity contribution in [2.45, 2.75) is 24.3 Å². The molecule has 1 aliphatic rings. The fraction of sp³-hybridized carbons (Fsp3) is 0.292. The SMILES string of the molecule is COc1ccc(S(=O)(=O)N2CCC[C@@H](C(=O)NCc3cccc4ccccc34)C2)cc1. The van der Waals surface area contributed by atoms with Crippen molar-refractivity contribution < 1.29 is 17.9 Å². The molecule has 1 saturated heterocycles. The van der Waals surface area contributed by atoms with E-state index >= 15 is 0 Å². The Morgan fingerprint density at radius 1 is 1.06 bits per heavy atom. The normalized spacial score (nSPS) is 17.4. The van der Waals surface area contributed by atoms with Gasteiger partial charge in [0.1, 0.15) is 5.75 Å². The summed E-state index contributed by atoms with van der Waals surface area (Å²) >= 11 is 0. The van der Waals surface area contributed by atoms with Gasteiger partial charge in [0.05, 0.1) is 17.9 Å². The van der Waals surface area contributed by atoms with Crippen LogP contribution in [-0.4, -0.2) is 38.8 Å². The third kappa shape index (κ3) is 4.57. The Morgan fingerprint density at radius 2 is 1.81 bits per heavy atom. The number of carbonyl (C=O) groups excluding carboxylic acids is 1. The average molecular weight is 439 g/mol. The van der Waals surface area contributed by atoms with Gasteiger partial charge in [-0.05, 0) is 53.4 Å². The molecule has 6 nitrogen and oxygen atoms in total. The van der Waals surface area contributed by atoms with Crippen molar-refractivity contribution in [2.75, 3.05) is 20.2 Å². The number of fused-ring (bicyclic) bond motifs is 1. The van der Waals surface area contributed by atoms with E-state index in [2.05, 4.69) is 5.32 Å². The van der Waals surface area contributed by atoms with Gasteiger partial charge >= 0.3 is 0 Å². The molecule has 1 N–H and O–H groups in total. The van der Waals surface area contributed by atoms with Crippen molar-refractivity contribution in [3.8, 4) is 5.75 Å². The number of hydrogen-bond acceptors (Lipinski definition) is 4. The number of nitrogens with one attached hydrogen (secondary N) is 1. The average Bonchev–Trinajstić information content (AvgIpc) is 2.82. The van der Waals surface area contributed by atoms with E-state index in [0.29, 0.717) is 31.7 Å². The molecule has 0 bridgehead atoms. The summed E-state index contributed by atoms with van der Waals surface area (Å²) in [5.74, 6) is 0.127. The van der Waals surface area contributed by atoms with Crippen molar-refractivity contribution >= 4 is 26.7 Å². The second-order valence-electron chi connectivity index (χ2n) is 7.73. The molecule has 31 heavy (non-hydrogen) atoms. The van der Waals surface area contributed by atoms with Crippen LogP contribution in [0, 0.1) is 5.92 Å². The van der Waals surface area contributed by atoms with Gasteiger partial charge in [0, 0.05) is 19.6 Å². The summed E-state index contributed by atoms with van der Waals surface area (Å²) in [7, 11) is -2.11. The van der Waals surface area contributed by atoms with Gasteiger partial charge in [0.2, 0.25) is 15.9 Å². The van der Waals surface area contributed by atoms with Crippen LogP contribution in [0.2, 0.25) is 0 Å². The number of rotatable bonds is 6. The van der Waals surface area contributed by atoms with Crippen molar-refractivity contribution in [1.29, 1.82) is 0 Å². The van der Waals surface area contributed by atoms with Gasteiger partial charge in [-0.1, -0.05) is 42.5 Å². The van der Waals surface area contributed by atoms with E-state index in [1.807, 2.05) is 42.5 Å². The van der Waals surface area contributed by atoms with E-state index in [4.69, 9.17) is 4.74 Å². The molecule has 0 aromatic heterocycles. The van der Waals surface area contributed by atoms with Gasteiger partial charge < -0.3 is 10.1 Å². The first-order valence-electron chi connectivity index (χ1n) is 10.4. The Balaban J connectivity index is 1.43. The van der Waals surface area contributed by atoms with Gasteiger partial charge in [-0.2, -0.15) is 4.31 Å². The fourth-order valence-corrected chi connectivity index (χ4v) is 5.57. The lowest BCUT2D eigenvalue weighted by Gasteiger charge is -2.31. The number of benzene rings is 3. The van der Waals surface area contributed by atoms with Crippen molar-refractivity contribution in [2.24, 2.45) is 5.92 Å². The zero-order chi connectivity index (χ0) is 21.8. The van der Waals surface area contributed by atoms with E-state index in [1.165, 1.54) is 11.4 Å². The Kier molecular flexibility index (Phi) is 6.25. The van der Waals surface area contributed by atoms with E-state index < -0.39 is 10.0 Å². The van der Waals surface area contributed by atoms with E-state index in [0.717, 1.165) is 16.3 Å². The van der Waals surface area contributed by atoms with Crippen LogP contribution < -0.4 is 10.1 Å². The van der Waals surface area contributed by atoms with E-state index in [1.54, 1.807) is 24.3 Å². The van der Waals surface area contributed by atoms with Crippen molar-refractivity contribution in [3.63, 3.8) is 0 Å². The van der Waals surface area contributed by atoms with Crippen LogP contribution in [0.25, 0.3) is 10.8 Å². The van der Waals surface area contributed by atoms with Crippen LogP contribution in [0.4, 0.5) is 0 Å². The summed E-state index contributed by atoms with van der Waals surface area (Å²) in [5.41, 5.74) is 1.05. The first-order chi connectivity index (χ1) is 15.0. The highest BCUT2D eigenvalue weighted by atomic mass is 32.2. The number of carbonyl (C=O) groups is 1. The molecule has 7 heteroatoms. The molecule has 3 aromatic carbocycles. The number of amides is 1. The predicted molar refractivity (Wildman–Crippen MR) is 120 cm³/mol. The maximum atomic E-state index is 13.0. The van der Waals surface area contributed by atoms with Gasteiger partial charge in [0.25, 0.3) is 0 Å². The van der Waals surface area contributed by atoms with Crippen molar-refractivity contribution in [3.05, 3.63) is 72.3 Å². The molecule has 0 saturated carbocycles. The Hall–Kier alpha value is -2.90. The molecule has 3 aromatic rings. The molecule has 162 valence electrons. The molecule has 4 rings (SSSR count). The van der Waals surface area contributed by atoms with Crippen LogP contribution in [0.15, 0.2) is 71.6 Å². The summed E-state index contributed by atoms with van der Waals surface area (Å²) in [6.45, 7) is 1.03. The zero-order valence-electron chi connectivity index (χ0n) is 17.5. The van der Waals surface area contributed by atoms with Crippen molar-refractivity contribution in [1.82, 2.24) is 9.62 Å². The first-order valence-corrected chi connectivity index (χ1v) is 11.8. The first kappa shape index (κ1) is 21.3.